The summed E-state index contributed by atoms with van der Waals surface area (Å²) < 4.78 is 5.30. The molecule has 0 spiro atoms. The fourth-order valence-electron chi connectivity index (χ4n) is 2.02. The predicted molar refractivity (Wildman–Crippen MR) is 73.8 cm³/mol. The zero-order valence-corrected chi connectivity index (χ0v) is 10.7. The summed E-state index contributed by atoms with van der Waals surface area (Å²) in [4.78, 5) is 4.20. The van der Waals surface area contributed by atoms with E-state index in [0.29, 0.717) is 17.4 Å². The van der Waals surface area contributed by atoms with Gasteiger partial charge in [0.1, 0.15) is 0 Å². The van der Waals surface area contributed by atoms with Gasteiger partial charge >= 0.3 is 0 Å². The molecule has 1 aromatic carbocycles. The molecule has 0 aliphatic heterocycles. The van der Waals surface area contributed by atoms with Crippen molar-refractivity contribution in [3.05, 3.63) is 36.5 Å². The lowest BCUT2D eigenvalue weighted by molar-refractivity contribution is 0.399. The zero-order chi connectivity index (χ0) is 13.9. The third kappa shape index (κ3) is 2.05. The summed E-state index contributed by atoms with van der Waals surface area (Å²) in [5.74, 6) is 1.07. The number of rotatable bonds is 3. The van der Waals surface area contributed by atoms with Crippen LogP contribution in [0.1, 0.15) is 0 Å². The average Bonchev–Trinajstić information content (AvgIpc) is 3.01. The Hall–Kier alpha value is -2.96. The maximum absolute atomic E-state index is 5.85. The van der Waals surface area contributed by atoms with Crippen LogP contribution in [-0.2, 0) is 0 Å². The first-order valence-corrected chi connectivity index (χ1v) is 5.92. The van der Waals surface area contributed by atoms with Crippen molar-refractivity contribution in [1.82, 2.24) is 25.6 Å². The molecule has 3 aromatic rings. The van der Waals surface area contributed by atoms with Gasteiger partial charge in [-0.25, -0.2) is 10.1 Å². The van der Waals surface area contributed by atoms with E-state index >= 15 is 0 Å². The summed E-state index contributed by atoms with van der Waals surface area (Å²) >= 11 is 0. The molecule has 3 rings (SSSR count). The number of tetrazole rings is 1. The van der Waals surface area contributed by atoms with Crippen LogP contribution in [0.3, 0.4) is 0 Å². The van der Waals surface area contributed by atoms with E-state index in [9.17, 15) is 0 Å². The summed E-state index contributed by atoms with van der Waals surface area (Å²) in [5.41, 5.74) is 9.01. The van der Waals surface area contributed by atoms with E-state index < -0.39 is 0 Å². The van der Waals surface area contributed by atoms with Crippen molar-refractivity contribution < 1.29 is 4.74 Å². The summed E-state index contributed by atoms with van der Waals surface area (Å²) in [6.07, 6.45) is 1.68. The van der Waals surface area contributed by atoms with Gasteiger partial charge in [0.25, 0.3) is 0 Å². The smallest absolute Gasteiger partial charge is 0.221 e. The number of methoxy groups -OCH3 is 1. The molecule has 0 saturated heterocycles. The van der Waals surface area contributed by atoms with Crippen LogP contribution in [0.5, 0.6) is 5.88 Å². The number of anilines is 1. The number of benzene rings is 1. The molecule has 3 N–H and O–H groups in total. The Labute approximate surface area is 114 Å². The van der Waals surface area contributed by atoms with Crippen molar-refractivity contribution in [3.8, 4) is 28.4 Å². The van der Waals surface area contributed by atoms with Gasteiger partial charge in [-0.05, 0) is 40.3 Å². The van der Waals surface area contributed by atoms with E-state index in [0.717, 1.165) is 16.7 Å². The van der Waals surface area contributed by atoms with Gasteiger partial charge in [0.05, 0.1) is 7.11 Å². The maximum Gasteiger partial charge on any atom is 0.221 e. The summed E-state index contributed by atoms with van der Waals surface area (Å²) in [6, 6.07) is 9.28. The van der Waals surface area contributed by atoms with Gasteiger partial charge in [-0.1, -0.05) is 6.07 Å². The van der Waals surface area contributed by atoms with E-state index in [-0.39, 0.29) is 0 Å². The number of pyridine rings is 1. The molecule has 100 valence electrons. The minimum atomic E-state index is 0.533. The number of nitrogen functional groups attached to an aromatic ring is 1. The van der Waals surface area contributed by atoms with Crippen LogP contribution in [0.15, 0.2) is 36.5 Å². The lowest BCUT2D eigenvalue weighted by atomic mass is 9.99. The van der Waals surface area contributed by atoms with E-state index in [2.05, 4.69) is 25.6 Å². The van der Waals surface area contributed by atoms with Crippen molar-refractivity contribution in [3.63, 3.8) is 0 Å². The van der Waals surface area contributed by atoms with Crippen molar-refractivity contribution in [2.24, 2.45) is 0 Å². The van der Waals surface area contributed by atoms with Crippen molar-refractivity contribution in [2.75, 3.05) is 12.8 Å². The molecule has 0 bridgehead atoms. The van der Waals surface area contributed by atoms with E-state index in [1.807, 2.05) is 30.3 Å². The molecule has 0 amide bonds. The van der Waals surface area contributed by atoms with Gasteiger partial charge in [-0.15, -0.1) is 5.10 Å². The Morgan fingerprint density at radius 2 is 2.05 bits per heavy atom. The second-order valence-corrected chi connectivity index (χ2v) is 4.12. The Kier molecular flexibility index (Phi) is 3.00. The fraction of sp³-hybridized carbons (Fsp3) is 0.0769. The lowest BCUT2D eigenvalue weighted by Gasteiger charge is -2.11. The second kappa shape index (κ2) is 4.96. The highest BCUT2D eigenvalue weighted by Gasteiger charge is 2.14. The van der Waals surface area contributed by atoms with Crippen LogP contribution in [0.2, 0.25) is 0 Å². The normalized spacial score (nSPS) is 10.4. The van der Waals surface area contributed by atoms with Crippen molar-refractivity contribution >= 4 is 5.69 Å². The molecule has 0 atom stereocenters. The number of H-pyrrole nitrogens is 1. The third-order valence-corrected chi connectivity index (χ3v) is 2.90. The SMILES string of the molecule is COc1ncccc1-c1ccc(N)cc1-c1nnn[nH]1. The molecule has 7 heteroatoms. The molecule has 7 nitrogen and oxygen atoms in total. The van der Waals surface area contributed by atoms with Crippen LogP contribution in [0, 0.1) is 0 Å². The number of ether oxygens (including phenoxy) is 1. The number of nitrogens with zero attached hydrogens (tertiary/aromatic N) is 4. The van der Waals surface area contributed by atoms with Gasteiger partial charge in [0, 0.05) is 23.0 Å². The number of aromatic nitrogens is 5. The number of hydrogen-bond donors (Lipinski definition) is 2. The maximum atomic E-state index is 5.85. The highest BCUT2D eigenvalue weighted by atomic mass is 16.5. The fourth-order valence-corrected chi connectivity index (χ4v) is 2.02. The Morgan fingerprint density at radius 3 is 2.80 bits per heavy atom. The van der Waals surface area contributed by atoms with E-state index in [4.69, 9.17) is 10.5 Å². The molecular formula is C13H12N6O. The molecule has 0 aliphatic carbocycles. The molecule has 20 heavy (non-hydrogen) atoms. The molecule has 2 aromatic heterocycles. The number of nitrogens with two attached hydrogens (primary N) is 1. The van der Waals surface area contributed by atoms with Crippen LogP contribution in [0.4, 0.5) is 5.69 Å². The Balaban J connectivity index is 2.24. The van der Waals surface area contributed by atoms with Gasteiger partial charge in [-0.2, -0.15) is 0 Å². The van der Waals surface area contributed by atoms with E-state index in [1.54, 1.807) is 13.3 Å². The summed E-state index contributed by atoms with van der Waals surface area (Å²) in [5, 5.41) is 13.9. The topological polar surface area (TPSA) is 103 Å². The average molecular weight is 268 g/mol. The van der Waals surface area contributed by atoms with Crippen LogP contribution in [-0.4, -0.2) is 32.7 Å². The molecule has 0 radical (unpaired) electrons. The molecule has 0 fully saturated rings. The Bertz CT molecular complexity index is 725. The van der Waals surface area contributed by atoms with Gasteiger partial charge in [-0.3, -0.25) is 0 Å². The van der Waals surface area contributed by atoms with E-state index in [1.165, 1.54) is 0 Å². The molecular weight excluding hydrogens is 256 g/mol. The van der Waals surface area contributed by atoms with Gasteiger partial charge in [0.15, 0.2) is 5.82 Å². The van der Waals surface area contributed by atoms with Crippen molar-refractivity contribution in [2.45, 2.75) is 0 Å². The Morgan fingerprint density at radius 1 is 1.15 bits per heavy atom. The lowest BCUT2D eigenvalue weighted by Crippen LogP contribution is -1.95. The van der Waals surface area contributed by atoms with Gasteiger partial charge < -0.3 is 10.5 Å². The standard InChI is InChI=1S/C13H12N6O/c1-20-13-10(3-2-6-15-13)9-5-4-8(14)7-11(9)12-16-18-19-17-12/h2-7H,14H2,1H3,(H,16,17,18,19). The van der Waals surface area contributed by atoms with Gasteiger partial charge in [0.2, 0.25) is 5.88 Å². The van der Waals surface area contributed by atoms with Crippen molar-refractivity contribution in [1.29, 1.82) is 0 Å². The summed E-state index contributed by atoms with van der Waals surface area (Å²) in [7, 11) is 1.58. The molecule has 0 unspecified atom stereocenters. The zero-order valence-electron chi connectivity index (χ0n) is 10.7. The summed E-state index contributed by atoms with van der Waals surface area (Å²) in [6.45, 7) is 0. The quantitative estimate of drug-likeness (QED) is 0.698. The monoisotopic (exact) mass is 268 g/mol. The molecule has 0 saturated carbocycles. The second-order valence-electron chi connectivity index (χ2n) is 4.12. The van der Waals surface area contributed by atoms with Crippen LogP contribution >= 0.6 is 0 Å². The first-order chi connectivity index (χ1) is 9.79. The molecule has 0 aliphatic rings. The minimum absolute atomic E-state index is 0.533. The number of aromatic amines is 1. The first kappa shape index (κ1) is 12.1. The molecule has 2 heterocycles. The number of hydrogen-bond acceptors (Lipinski definition) is 6. The predicted octanol–water partition coefficient (Wildman–Crippen LogP) is 1.52. The van der Waals surface area contributed by atoms with Crippen LogP contribution < -0.4 is 10.5 Å². The highest BCUT2D eigenvalue weighted by molar-refractivity contribution is 5.84. The third-order valence-electron chi connectivity index (χ3n) is 2.90. The highest BCUT2D eigenvalue weighted by Crippen LogP contribution is 2.35. The largest absolute Gasteiger partial charge is 0.481 e. The number of nitrogens with one attached hydrogen (secondary N) is 1. The van der Waals surface area contributed by atoms with Crippen LogP contribution in [0.25, 0.3) is 22.5 Å². The first-order valence-electron chi connectivity index (χ1n) is 5.92. The minimum Gasteiger partial charge on any atom is -0.481 e.